The van der Waals surface area contributed by atoms with Crippen LogP contribution in [0.3, 0.4) is 0 Å². The summed E-state index contributed by atoms with van der Waals surface area (Å²) in [5, 5.41) is 15.2. The topological polar surface area (TPSA) is 71.5 Å². The van der Waals surface area contributed by atoms with Crippen LogP contribution < -0.4 is 5.32 Å². The fraction of sp³-hybridized carbons (Fsp3) is 0.303. The molecule has 0 saturated heterocycles. The summed E-state index contributed by atoms with van der Waals surface area (Å²) in [5.74, 6) is 1.68. The van der Waals surface area contributed by atoms with Crippen molar-refractivity contribution >= 4 is 22.7 Å². The largest absolute Gasteiger partial charge is 0.326 e. The molecule has 0 fully saturated rings. The quantitative estimate of drug-likeness (QED) is 0.275. The fourth-order valence-corrected chi connectivity index (χ4v) is 6.65. The van der Waals surface area contributed by atoms with Crippen molar-refractivity contribution in [1.29, 1.82) is 5.26 Å². The molecule has 6 nitrogen and oxygen atoms in total. The Balaban J connectivity index is 1.38. The molecule has 5 aromatic rings. The van der Waals surface area contributed by atoms with Crippen LogP contribution in [0.1, 0.15) is 64.9 Å². The van der Waals surface area contributed by atoms with Gasteiger partial charge in [-0.3, -0.25) is 0 Å². The van der Waals surface area contributed by atoms with Gasteiger partial charge in [-0.15, -0.1) is 0 Å². The van der Waals surface area contributed by atoms with E-state index in [0.29, 0.717) is 0 Å². The molecule has 6 heteroatoms. The lowest BCUT2D eigenvalue weighted by atomic mass is 9.95. The van der Waals surface area contributed by atoms with Crippen LogP contribution in [0.15, 0.2) is 67.0 Å². The lowest BCUT2D eigenvalue weighted by Crippen LogP contribution is -2.11. The number of fused-ring (bicyclic) bond motifs is 4. The van der Waals surface area contributed by atoms with Crippen LogP contribution in [0.4, 0.5) is 11.6 Å². The van der Waals surface area contributed by atoms with Crippen molar-refractivity contribution in [2.75, 3.05) is 5.32 Å². The first-order valence-corrected chi connectivity index (χ1v) is 14.2. The van der Waals surface area contributed by atoms with Crippen molar-refractivity contribution in [3.63, 3.8) is 0 Å². The molecule has 2 aliphatic rings. The number of hydrogen-bond donors (Lipinski definition) is 1. The Bertz CT molecular complexity index is 1690. The minimum atomic E-state index is 0.731. The molecule has 0 saturated carbocycles. The van der Waals surface area contributed by atoms with Crippen molar-refractivity contribution < 1.29 is 0 Å². The molecule has 0 amide bonds. The number of anilines is 2. The monoisotopic (exact) mass is 512 g/mol. The normalized spacial score (nSPS) is 14.5. The molecular weight excluding hydrogens is 480 g/mol. The maximum absolute atomic E-state index is 10.4. The summed E-state index contributed by atoms with van der Waals surface area (Å²) >= 11 is 0. The molecule has 194 valence electrons. The lowest BCUT2D eigenvalue weighted by molar-refractivity contribution is 0.633. The van der Waals surface area contributed by atoms with Crippen molar-refractivity contribution in [2.45, 2.75) is 64.5 Å². The second kappa shape index (κ2) is 10.1. The van der Waals surface area contributed by atoms with Crippen molar-refractivity contribution in [1.82, 2.24) is 19.1 Å². The third-order valence-electron chi connectivity index (χ3n) is 8.44. The van der Waals surface area contributed by atoms with Gasteiger partial charge in [0.15, 0.2) is 0 Å². The molecule has 0 unspecified atom stereocenters. The van der Waals surface area contributed by atoms with E-state index in [-0.39, 0.29) is 0 Å². The molecule has 1 N–H and O–H groups in total. The maximum Gasteiger partial charge on any atom is 0.146 e. The Labute approximate surface area is 229 Å². The lowest BCUT2D eigenvalue weighted by Gasteiger charge is -2.18. The Kier molecular flexibility index (Phi) is 6.13. The molecule has 0 radical (unpaired) electrons. The Hall–Kier alpha value is -4.37. The Morgan fingerprint density at radius 1 is 0.718 bits per heavy atom. The van der Waals surface area contributed by atoms with E-state index in [1.165, 1.54) is 46.5 Å². The van der Waals surface area contributed by atoms with E-state index in [0.717, 1.165) is 79.8 Å². The van der Waals surface area contributed by atoms with E-state index in [4.69, 9.17) is 9.97 Å². The van der Waals surface area contributed by atoms with Gasteiger partial charge < -0.3 is 14.5 Å². The average molecular weight is 513 g/mol. The van der Waals surface area contributed by atoms with Gasteiger partial charge in [0.2, 0.25) is 0 Å². The molecule has 3 heterocycles. The maximum atomic E-state index is 10.4. The third kappa shape index (κ3) is 4.19. The summed E-state index contributed by atoms with van der Waals surface area (Å²) < 4.78 is 4.73. The van der Waals surface area contributed by atoms with Gasteiger partial charge in [-0.1, -0.05) is 60.7 Å². The second-order valence-corrected chi connectivity index (χ2v) is 10.8. The fourth-order valence-electron chi connectivity index (χ4n) is 6.65. The number of aryl methyl sites for hydroxylation is 1. The molecule has 2 aromatic carbocycles. The SMILES string of the molecule is N#Cc1c2c(n(Cc3ccccc3)c1Nc1ncnc3c1c1c(n3Cc3ccccc3)CCCC1)CCCC2. The van der Waals surface area contributed by atoms with Crippen LogP contribution in [0.2, 0.25) is 0 Å². The van der Waals surface area contributed by atoms with Gasteiger partial charge in [-0.05, 0) is 73.6 Å². The summed E-state index contributed by atoms with van der Waals surface area (Å²) in [6.45, 7) is 1.53. The van der Waals surface area contributed by atoms with Gasteiger partial charge in [0.05, 0.1) is 10.9 Å². The number of hydrogen-bond acceptors (Lipinski definition) is 4. The van der Waals surface area contributed by atoms with E-state index < -0.39 is 0 Å². The molecule has 7 rings (SSSR count). The number of nitrogens with zero attached hydrogens (tertiary/aromatic N) is 5. The van der Waals surface area contributed by atoms with Crippen molar-refractivity contribution in [3.8, 4) is 6.07 Å². The number of nitrogens with one attached hydrogen (secondary N) is 1. The van der Waals surface area contributed by atoms with E-state index in [1.54, 1.807) is 6.33 Å². The van der Waals surface area contributed by atoms with Crippen LogP contribution in [0.25, 0.3) is 11.0 Å². The highest BCUT2D eigenvalue weighted by atomic mass is 15.2. The summed E-state index contributed by atoms with van der Waals surface area (Å²) in [7, 11) is 0. The molecule has 0 spiro atoms. The third-order valence-corrected chi connectivity index (χ3v) is 8.44. The number of nitriles is 1. The van der Waals surface area contributed by atoms with Gasteiger partial charge in [0.1, 0.15) is 29.7 Å². The molecule has 2 aliphatic carbocycles. The minimum Gasteiger partial charge on any atom is -0.326 e. The van der Waals surface area contributed by atoms with Gasteiger partial charge in [0, 0.05) is 24.5 Å². The van der Waals surface area contributed by atoms with Crippen molar-refractivity contribution in [2.24, 2.45) is 0 Å². The summed E-state index contributed by atoms with van der Waals surface area (Å²) in [4.78, 5) is 9.62. The van der Waals surface area contributed by atoms with Crippen LogP contribution in [-0.2, 0) is 38.8 Å². The molecule has 0 aliphatic heterocycles. The summed E-state index contributed by atoms with van der Waals surface area (Å²) in [6.07, 6.45) is 10.4. The van der Waals surface area contributed by atoms with E-state index >= 15 is 0 Å². The number of rotatable bonds is 6. The number of benzene rings is 2. The van der Waals surface area contributed by atoms with Gasteiger partial charge >= 0.3 is 0 Å². The average Bonchev–Trinajstić information content (AvgIpc) is 3.47. The van der Waals surface area contributed by atoms with E-state index in [2.05, 4.69) is 81.2 Å². The van der Waals surface area contributed by atoms with E-state index in [9.17, 15) is 5.26 Å². The highest BCUT2D eigenvalue weighted by molar-refractivity contribution is 5.94. The molecular formula is C33H32N6. The first kappa shape index (κ1) is 23.7. The zero-order valence-corrected chi connectivity index (χ0v) is 22.2. The zero-order valence-electron chi connectivity index (χ0n) is 22.2. The summed E-state index contributed by atoms with van der Waals surface area (Å²) in [5.41, 5.74) is 9.48. The second-order valence-electron chi connectivity index (χ2n) is 10.8. The highest BCUT2D eigenvalue weighted by Gasteiger charge is 2.28. The molecule has 3 aromatic heterocycles. The van der Waals surface area contributed by atoms with Gasteiger partial charge in [-0.25, -0.2) is 9.97 Å². The van der Waals surface area contributed by atoms with E-state index in [1.807, 2.05) is 0 Å². The standard InChI is InChI=1S/C33H32N6/c34-19-27-25-15-7-9-17-28(25)38(20-23-11-3-1-4-12-23)32(27)37-31-30-26-16-8-10-18-29(26)39(33(30)36-22-35-31)21-24-13-5-2-6-14-24/h1-6,11-14,22H,7-10,15-18,20-21H2,(H,35,36,37). The first-order chi connectivity index (χ1) is 19.3. The smallest absolute Gasteiger partial charge is 0.146 e. The minimum absolute atomic E-state index is 0.731. The molecule has 0 bridgehead atoms. The van der Waals surface area contributed by atoms with Gasteiger partial charge in [0.25, 0.3) is 0 Å². The van der Waals surface area contributed by atoms with Crippen LogP contribution >= 0.6 is 0 Å². The predicted octanol–water partition coefficient (Wildman–Crippen LogP) is 6.70. The van der Waals surface area contributed by atoms with Gasteiger partial charge in [-0.2, -0.15) is 5.26 Å². The zero-order chi connectivity index (χ0) is 26.2. The van der Waals surface area contributed by atoms with Crippen LogP contribution in [0, 0.1) is 11.3 Å². The predicted molar refractivity (Wildman–Crippen MR) is 154 cm³/mol. The first-order valence-electron chi connectivity index (χ1n) is 14.2. The van der Waals surface area contributed by atoms with Crippen molar-refractivity contribution in [3.05, 3.63) is 106 Å². The molecule has 39 heavy (non-hydrogen) atoms. The Morgan fingerprint density at radius 2 is 1.31 bits per heavy atom. The summed E-state index contributed by atoms with van der Waals surface area (Å²) in [6, 6.07) is 23.7. The number of aromatic nitrogens is 4. The highest BCUT2D eigenvalue weighted by Crippen LogP contribution is 2.39. The Morgan fingerprint density at radius 3 is 1.97 bits per heavy atom. The molecule has 0 atom stereocenters. The van der Waals surface area contributed by atoms with Crippen LogP contribution in [-0.4, -0.2) is 19.1 Å². The van der Waals surface area contributed by atoms with Crippen LogP contribution in [0.5, 0.6) is 0 Å².